The highest BCUT2D eigenvalue weighted by molar-refractivity contribution is 5.70. The number of carbonyl (C=O) groups excluding carboxylic acids is 1. The van der Waals surface area contributed by atoms with Crippen molar-refractivity contribution in [3.8, 4) is 11.8 Å². The zero-order chi connectivity index (χ0) is 13.4. The number of hydrogen-bond acceptors (Lipinski definition) is 7. The van der Waals surface area contributed by atoms with Gasteiger partial charge in [0.1, 0.15) is 0 Å². The molecule has 0 aliphatic carbocycles. The van der Waals surface area contributed by atoms with E-state index < -0.39 is 5.97 Å². The van der Waals surface area contributed by atoms with Gasteiger partial charge in [0.05, 0.1) is 26.2 Å². The summed E-state index contributed by atoms with van der Waals surface area (Å²) >= 11 is 0. The molecule has 100 valence electrons. The first-order chi connectivity index (χ1) is 8.65. The van der Waals surface area contributed by atoms with Crippen molar-refractivity contribution in [1.29, 1.82) is 0 Å². The Morgan fingerprint density at radius 2 is 2.06 bits per heavy atom. The van der Waals surface area contributed by atoms with Gasteiger partial charge < -0.3 is 24.9 Å². The molecule has 0 unspecified atom stereocenters. The number of aliphatic hydroxyl groups is 1. The number of rotatable bonds is 7. The summed E-state index contributed by atoms with van der Waals surface area (Å²) in [5.74, 6) is -1.45. The lowest BCUT2D eigenvalue weighted by Gasteiger charge is -2.06. The molecular weight excluding hydrogens is 244 g/mol. The summed E-state index contributed by atoms with van der Waals surface area (Å²) in [7, 11) is 0. The van der Waals surface area contributed by atoms with Crippen LogP contribution >= 0.6 is 0 Å². The second-order valence-electron chi connectivity index (χ2n) is 3.16. The number of aliphatic imine (C=N–C) groups is 1. The van der Waals surface area contributed by atoms with Gasteiger partial charge in [0, 0.05) is 12.1 Å². The van der Waals surface area contributed by atoms with Crippen LogP contribution in [0, 0.1) is 0 Å². The van der Waals surface area contributed by atoms with E-state index in [2.05, 4.69) is 9.83 Å². The quantitative estimate of drug-likeness (QED) is 0.338. The highest BCUT2D eigenvalue weighted by atomic mass is 16.7. The SMILES string of the molecule is O=C(CCOC=NCCO)On1c(O)ccc1O. The molecule has 18 heavy (non-hydrogen) atoms. The predicted octanol–water partition coefficient (Wildman–Crippen LogP) is -0.718. The molecule has 1 heterocycles. The van der Waals surface area contributed by atoms with Crippen LogP contribution in [0.1, 0.15) is 6.42 Å². The summed E-state index contributed by atoms with van der Waals surface area (Å²) in [6, 6.07) is 2.36. The van der Waals surface area contributed by atoms with Crippen molar-refractivity contribution < 1.29 is 29.7 Å². The van der Waals surface area contributed by atoms with Crippen LogP contribution in [-0.4, -0.2) is 52.2 Å². The molecule has 1 aromatic heterocycles. The number of carbonyl (C=O) groups is 1. The zero-order valence-electron chi connectivity index (χ0n) is 9.52. The molecule has 0 aromatic carbocycles. The molecule has 0 spiro atoms. The number of hydrogen-bond donors (Lipinski definition) is 3. The average Bonchev–Trinajstić information content (AvgIpc) is 2.65. The van der Waals surface area contributed by atoms with E-state index in [1.807, 2.05) is 0 Å². The van der Waals surface area contributed by atoms with Gasteiger partial charge in [-0.25, -0.2) is 4.79 Å². The molecule has 0 saturated heterocycles. The van der Waals surface area contributed by atoms with E-state index in [0.717, 1.165) is 6.40 Å². The van der Waals surface area contributed by atoms with Crippen LogP contribution < -0.4 is 4.84 Å². The van der Waals surface area contributed by atoms with Crippen LogP contribution in [0.5, 0.6) is 11.8 Å². The number of nitrogens with zero attached hydrogens (tertiary/aromatic N) is 2. The van der Waals surface area contributed by atoms with Gasteiger partial charge in [0.2, 0.25) is 11.8 Å². The lowest BCUT2D eigenvalue weighted by molar-refractivity contribution is -0.146. The van der Waals surface area contributed by atoms with Gasteiger partial charge in [0.25, 0.3) is 0 Å². The van der Waals surface area contributed by atoms with Crippen molar-refractivity contribution in [1.82, 2.24) is 4.73 Å². The van der Waals surface area contributed by atoms with Crippen LogP contribution in [0.25, 0.3) is 0 Å². The maximum atomic E-state index is 11.3. The molecule has 0 amide bonds. The minimum Gasteiger partial charge on any atom is -0.492 e. The third-order valence-corrected chi connectivity index (χ3v) is 1.79. The Balaban J connectivity index is 2.26. The van der Waals surface area contributed by atoms with E-state index in [9.17, 15) is 15.0 Å². The van der Waals surface area contributed by atoms with Crippen molar-refractivity contribution in [2.45, 2.75) is 6.42 Å². The highest BCUT2D eigenvalue weighted by Crippen LogP contribution is 2.18. The second kappa shape index (κ2) is 7.17. The number of ether oxygens (including phenoxy) is 1. The second-order valence-corrected chi connectivity index (χ2v) is 3.16. The van der Waals surface area contributed by atoms with Gasteiger partial charge in [-0.1, -0.05) is 0 Å². The maximum absolute atomic E-state index is 11.3. The predicted molar refractivity (Wildman–Crippen MR) is 60.4 cm³/mol. The number of aromatic hydroxyl groups is 2. The van der Waals surface area contributed by atoms with Gasteiger partial charge in [0.15, 0.2) is 6.40 Å². The maximum Gasteiger partial charge on any atom is 0.336 e. The molecule has 0 radical (unpaired) electrons. The van der Waals surface area contributed by atoms with E-state index >= 15 is 0 Å². The molecular formula is C10H14N2O6. The van der Waals surface area contributed by atoms with Crippen molar-refractivity contribution in [3.05, 3.63) is 12.1 Å². The molecule has 0 aliphatic rings. The fourth-order valence-corrected chi connectivity index (χ4v) is 1.00. The van der Waals surface area contributed by atoms with Crippen LogP contribution in [0.2, 0.25) is 0 Å². The van der Waals surface area contributed by atoms with Crippen LogP contribution in [0.15, 0.2) is 17.1 Å². The van der Waals surface area contributed by atoms with Crippen molar-refractivity contribution in [3.63, 3.8) is 0 Å². The summed E-state index contributed by atoms with van der Waals surface area (Å²) in [4.78, 5) is 19.6. The fraction of sp³-hybridized carbons (Fsp3) is 0.400. The van der Waals surface area contributed by atoms with E-state index in [0.29, 0.717) is 4.73 Å². The molecule has 8 heteroatoms. The number of aromatic nitrogens is 1. The number of aliphatic hydroxyl groups excluding tert-OH is 1. The zero-order valence-corrected chi connectivity index (χ0v) is 9.52. The summed E-state index contributed by atoms with van der Waals surface area (Å²) in [6.45, 7) is 0.195. The minimum atomic E-state index is -0.688. The molecule has 1 rings (SSSR count). The van der Waals surface area contributed by atoms with E-state index in [4.69, 9.17) is 9.84 Å². The molecule has 8 nitrogen and oxygen atoms in total. The van der Waals surface area contributed by atoms with E-state index in [1.165, 1.54) is 12.1 Å². The van der Waals surface area contributed by atoms with Crippen LogP contribution in [0.3, 0.4) is 0 Å². The lowest BCUT2D eigenvalue weighted by Crippen LogP contribution is -2.20. The van der Waals surface area contributed by atoms with Crippen LogP contribution in [0.4, 0.5) is 0 Å². The Morgan fingerprint density at radius 1 is 1.39 bits per heavy atom. The fourth-order valence-electron chi connectivity index (χ4n) is 1.00. The molecule has 0 saturated carbocycles. The monoisotopic (exact) mass is 258 g/mol. The van der Waals surface area contributed by atoms with Gasteiger partial charge in [-0.2, -0.15) is 0 Å². The van der Waals surface area contributed by atoms with E-state index in [1.54, 1.807) is 0 Å². The molecule has 3 N–H and O–H groups in total. The molecule has 1 aromatic rings. The summed E-state index contributed by atoms with van der Waals surface area (Å²) < 4.78 is 5.45. The first kappa shape index (κ1) is 13.8. The van der Waals surface area contributed by atoms with E-state index in [-0.39, 0.29) is 37.9 Å². The summed E-state index contributed by atoms with van der Waals surface area (Å²) in [6.07, 6.45) is 1.05. The Morgan fingerprint density at radius 3 is 2.67 bits per heavy atom. The average molecular weight is 258 g/mol. The summed E-state index contributed by atoms with van der Waals surface area (Å²) in [5.41, 5.74) is 0. The Labute approximate surface area is 103 Å². The van der Waals surface area contributed by atoms with Crippen LogP contribution in [-0.2, 0) is 9.53 Å². The lowest BCUT2D eigenvalue weighted by atomic mass is 10.5. The smallest absolute Gasteiger partial charge is 0.336 e. The van der Waals surface area contributed by atoms with Crippen molar-refractivity contribution in [2.75, 3.05) is 19.8 Å². The van der Waals surface area contributed by atoms with Crippen molar-refractivity contribution >= 4 is 12.4 Å². The minimum absolute atomic E-state index is 0.0382. The molecule has 0 atom stereocenters. The first-order valence-corrected chi connectivity index (χ1v) is 5.16. The molecule has 0 bridgehead atoms. The topological polar surface area (TPSA) is 114 Å². The largest absolute Gasteiger partial charge is 0.492 e. The molecule has 0 aliphatic heterocycles. The van der Waals surface area contributed by atoms with Gasteiger partial charge in [-0.05, 0) is 0 Å². The standard InChI is InChI=1S/C10H14N2O6/c13-5-4-11-7-17-6-3-10(16)18-12-8(14)1-2-9(12)15/h1-2,7,13-15H,3-6H2. The third-order valence-electron chi connectivity index (χ3n) is 1.79. The highest BCUT2D eigenvalue weighted by Gasteiger charge is 2.11. The summed E-state index contributed by atoms with van der Waals surface area (Å²) in [5, 5.41) is 26.8. The first-order valence-electron chi connectivity index (χ1n) is 5.16. The van der Waals surface area contributed by atoms with Crippen molar-refractivity contribution in [2.24, 2.45) is 4.99 Å². The van der Waals surface area contributed by atoms with Gasteiger partial charge in [-0.15, -0.1) is 4.73 Å². The van der Waals surface area contributed by atoms with Gasteiger partial charge >= 0.3 is 5.97 Å². The van der Waals surface area contributed by atoms with Gasteiger partial charge in [-0.3, -0.25) is 4.99 Å². The Bertz CT molecular complexity index is 395. The Kier molecular flexibility index (Phi) is 5.52. The molecule has 0 fully saturated rings. The third kappa shape index (κ3) is 4.34. The normalized spacial score (nSPS) is 10.7. The Hall–Kier alpha value is -2.22.